The molecule has 1 N–H and O–H groups in total. The van der Waals surface area contributed by atoms with Gasteiger partial charge >= 0.3 is 0 Å². The van der Waals surface area contributed by atoms with E-state index in [9.17, 15) is 14.7 Å². The van der Waals surface area contributed by atoms with Crippen LogP contribution in [0.25, 0.3) is 5.76 Å². The van der Waals surface area contributed by atoms with Crippen molar-refractivity contribution >= 4 is 34.7 Å². The molecular formula is C30H30ClNO5. The monoisotopic (exact) mass is 519 g/mol. The molecule has 3 aromatic rings. The Balaban J connectivity index is 1.97. The molecule has 1 unspecified atom stereocenters. The van der Waals surface area contributed by atoms with Crippen LogP contribution in [0.3, 0.4) is 0 Å². The third-order valence-corrected chi connectivity index (χ3v) is 6.74. The maximum absolute atomic E-state index is 13.5. The number of rotatable bonds is 7. The number of Topliss-reactive ketones (excluding diaryl/α,β-unsaturated/α-hetero) is 1. The van der Waals surface area contributed by atoms with Gasteiger partial charge in [0, 0.05) is 22.3 Å². The fourth-order valence-corrected chi connectivity index (χ4v) is 4.80. The number of aliphatic hydroxyl groups excluding tert-OH is 1. The second-order valence-electron chi connectivity index (χ2n) is 9.21. The topological polar surface area (TPSA) is 76.1 Å². The summed E-state index contributed by atoms with van der Waals surface area (Å²) in [5, 5.41) is 12.2. The van der Waals surface area contributed by atoms with Gasteiger partial charge in [0.25, 0.3) is 11.7 Å². The molecule has 0 aliphatic carbocycles. The molecule has 1 fully saturated rings. The molecule has 3 aromatic carbocycles. The number of nitrogens with zero attached hydrogens (tertiary/aromatic N) is 1. The van der Waals surface area contributed by atoms with Crippen LogP contribution in [0.4, 0.5) is 5.69 Å². The van der Waals surface area contributed by atoms with Gasteiger partial charge in [0.15, 0.2) is 0 Å². The molecule has 37 heavy (non-hydrogen) atoms. The van der Waals surface area contributed by atoms with E-state index < -0.39 is 17.7 Å². The quantitative estimate of drug-likeness (QED) is 0.211. The molecule has 0 spiro atoms. The standard InChI is InChI=1S/C30H30ClNO5/c1-6-37-22-9-7-8-21(15-22)32-27(19-10-12-20(31)13-11-19)26(29(34)30(32)35)28(33)24-16-23(17(2)3)25(36-5)14-18(24)4/h7-17,27,33H,6H2,1-5H3/b28-26+. The first-order valence-electron chi connectivity index (χ1n) is 12.2. The number of amides is 1. The van der Waals surface area contributed by atoms with Gasteiger partial charge in [-0.1, -0.05) is 43.6 Å². The van der Waals surface area contributed by atoms with E-state index in [-0.39, 0.29) is 17.3 Å². The molecule has 0 saturated carbocycles. The fraction of sp³-hybridized carbons (Fsp3) is 0.267. The van der Waals surface area contributed by atoms with Crippen LogP contribution in [-0.4, -0.2) is 30.5 Å². The lowest BCUT2D eigenvalue weighted by Crippen LogP contribution is -2.29. The lowest BCUT2D eigenvalue weighted by atomic mass is 9.91. The third kappa shape index (κ3) is 4.94. The Morgan fingerprint density at radius 2 is 1.78 bits per heavy atom. The van der Waals surface area contributed by atoms with Gasteiger partial charge in [0.1, 0.15) is 17.3 Å². The van der Waals surface area contributed by atoms with Crippen LogP contribution in [-0.2, 0) is 9.59 Å². The summed E-state index contributed by atoms with van der Waals surface area (Å²) in [6, 6.07) is 16.7. The number of ketones is 1. The zero-order valence-electron chi connectivity index (χ0n) is 21.5. The molecule has 1 saturated heterocycles. The van der Waals surface area contributed by atoms with Gasteiger partial charge in [0.2, 0.25) is 0 Å². The molecule has 1 heterocycles. The van der Waals surface area contributed by atoms with Crippen molar-refractivity contribution in [2.75, 3.05) is 18.6 Å². The van der Waals surface area contributed by atoms with E-state index in [0.29, 0.717) is 39.9 Å². The number of anilines is 1. The predicted octanol–water partition coefficient (Wildman–Crippen LogP) is 6.81. The van der Waals surface area contributed by atoms with Gasteiger partial charge in [-0.15, -0.1) is 0 Å². The number of carbonyl (C=O) groups is 2. The maximum atomic E-state index is 13.5. The van der Waals surface area contributed by atoms with Crippen LogP contribution in [0, 0.1) is 6.92 Å². The third-order valence-electron chi connectivity index (χ3n) is 6.49. The Labute approximate surface area is 222 Å². The van der Waals surface area contributed by atoms with Crippen molar-refractivity contribution in [2.24, 2.45) is 0 Å². The van der Waals surface area contributed by atoms with Crippen molar-refractivity contribution in [2.45, 2.75) is 39.7 Å². The number of methoxy groups -OCH3 is 1. The van der Waals surface area contributed by atoms with Crippen molar-refractivity contribution in [3.8, 4) is 11.5 Å². The van der Waals surface area contributed by atoms with Crippen molar-refractivity contribution in [3.05, 3.63) is 93.5 Å². The molecule has 1 amide bonds. The van der Waals surface area contributed by atoms with Crippen molar-refractivity contribution < 1.29 is 24.2 Å². The number of halogens is 1. The summed E-state index contributed by atoms with van der Waals surface area (Å²) in [6.45, 7) is 8.21. The van der Waals surface area contributed by atoms with E-state index in [1.54, 1.807) is 55.6 Å². The van der Waals surface area contributed by atoms with E-state index in [4.69, 9.17) is 21.1 Å². The molecule has 192 valence electrons. The molecule has 7 heteroatoms. The van der Waals surface area contributed by atoms with Gasteiger partial charge in [-0.3, -0.25) is 14.5 Å². The van der Waals surface area contributed by atoms with E-state index in [1.165, 1.54) is 4.90 Å². The maximum Gasteiger partial charge on any atom is 0.300 e. The zero-order valence-corrected chi connectivity index (χ0v) is 22.3. The minimum absolute atomic E-state index is 0.0112. The minimum Gasteiger partial charge on any atom is -0.507 e. The summed E-state index contributed by atoms with van der Waals surface area (Å²) >= 11 is 6.14. The molecule has 0 radical (unpaired) electrons. The van der Waals surface area contributed by atoms with Crippen LogP contribution in [0.1, 0.15) is 55.0 Å². The number of aryl methyl sites for hydroxylation is 1. The van der Waals surface area contributed by atoms with Gasteiger partial charge in [-0.05, 0) is 72.9 Å². The Morgan fingerprint density at radius 1 is 1.08 bits per heavy atom. The molecule has 0 bridgehead atoms. The lowest BCUT2D eigenvalue weighted by molar-refractivity contribution is -0.132. The van der Waals surface area contributed by atoms with Gasteiger partial charge in [0.05, 0.1) is 25.3 Å². The van der Waals surface area contributed by atoms with Crippen molar-refractivity contribution in [1.29, 1.82) is 0 Å². The highest BCUT2D eigenvalue weighted by Crippen LogP contribution is 2.44. The van der Waals surface area contributed by atoms with Crippen LogP contribution in [0.2, 0.25) is 5.02 Å². The number of aliphatic hydroxyl groups is 1. The number of benzene rings is 3. The van der Waals surface area contributed by atoms with E-state index in [1.807, 2.05) is 39.8 Å². The van der Waals surface area contributed by atoms with E-state index >= 15 is 0 Å². The van der Waals surface area contributed by atoms with Gasteiger partial charge < -0.3 is 14.6 Å². The summed E-state index contributed by atoms with van der Waals surface area (Å²) in [6.07, 6.45) is 0. The SMILES string of the molecule is CCOc1cccc(N2C(=O)C(=O)/C(=C(/O)c3cc(C(C)C)c(OC)cc3C)C2c2ccc(Cl)cc2)c1. The molecule has 4 rings (SSSR count). The molecule has 1 aliphatic heterocycles. The normalized spacial score (nSPS) is 16.9. The lowest BCUT2D eigenvalue weighted by Gasteiger charge is -2.26. The van der Waals surface area contributed by atoms with Crippen molar-refractivity contribution in [1.82, 2.24) is 0 Å². The molecular weight excluding hydrogens is 490 g/mol. The molecule has 0 aromatic heterocycles. The Hall–Kier alpha value is -3.77. The number of hydrogen-bond donors (Lipinski definition) is 1. The van der Waals surface area contributed by atoms with Crippen molar-refractivity contribution in [3.63, 3.8) is 0 Å². The Bertz CT molecular complexity index is 1380. The summed E-state index contributed by atoms with van der Waals surface area (Å²) in [5.41, 5.74) is 3.22. The average Bonchev–Trinajstić information content (AvgIpc) is 3.14. The van der Waals surface area contributed by atoms with E-state index in [0.717, 1.165) is 11.1 Å². The Kier molecular flexibility index (Phi) is 7.60. The van der Waals surface area contributed by atoms with Gasteiger partial charge in [-0.2, -0.15) is 0 Å². The first kappa shape index (κ1) is 26.3. The molecule has 1 atom stereocenters. The summed E-state index contributed by atoms with van der Waals surface area (Å²) in [4.78, 5) is 28.4. The summed E-state index contributed by atoms with van der Waals surface area (Å²) in [7, 11) is 1.60. The number of ether oxygens (including phenoxy) is 2. The highest BCUT2D eigenvalue weighted by Gasteiger charge is 2.47. The zero-order chi connectivity index (χ0) is 26.9. The highest BCUT2D eigenvalue weighted by atomic mass is 35.5. The number of hydrogen-bond acceptors (Lipinski definition) is 5. The predicted molar refractivity (Wildman–Crippen MR) is 146 cm³/mol. The molecule has 6 nitrogen and oxygen atoms in total. The van der Waals surface area contributed by atoms with E-state index in [2.05, 4.69) is 0 Å². The first-order valence-corrected chi connectivity index (χ1v) is 12.5. The average molecular weight is 520 g/mol. The van der Waals surface area contributed by atoms with Crippen LogP contribution >= 0.6 is 11.6 Å². The smallest absolute Gasteiger partial charge is 0.300 e. The fourth-order valence-electron chi connectivity index (χ4n) is 4.68. The van der Waals surface area contributed by atoms with Crippen LogP contribution in [0.15, 0.2) is 66.2 Å². The van der Waals surface area contributed by atoms with Gasteiger partial charge in [-0.25, -0.2) is 0 Å². The second-order valence-corrected chi connectivity index (χ2v) is 9.65. The largest absolute Gasteiger partial charge is 0.507 e. The van der Waals surface area contributed by atoms with Crippen LogP contribution in [0.5, 0.6) is 11.5 Å². The summed E-state index contributed by atoms with van der Waals surface area (Å²) < 4.78 is 11.2. The first-order chi connectivity index (χ1) is 17.7. The number of carbonyl (C=O) groups excluding carboxylic acids is 2. The molecule has 1 aliphatic rings. The Morgan fingerprint density at radius 3 is 2.41 bits per heavy atom. The minimum atomic E-state index is -0.863. The van der Waals surface area contributed by atoms with Crippen LogP contribution < -0.4 is 14.4 Å². The summed E-state index contributed by atoms with van der Waals surface area (Å²) in [5.74, 6) is -0.344. The second kappa shape index (κ2) is 10.7. The highest BCUT2D eigenvalue weighted by molar-refractivity contribution is 6.51.